The zero-order valence-corrected chi connectivity index (χ0v) is 22.6. The summed E-state index contributed by atoms with van der Waals surface area (Å²) in [4.78, 5) is 33.1. The Bertz CT molecular complexity index is 1770. The van der Waals surface area contributed by atoms with Crippen molar-refractivity contribution in [1.82, 2.24) is 9.97 Å². The summed E-state index contributed by atoms with van der Waals surface area (Å²) in [5.41, 5.74) is 4.71. The van der Waals surface area contributed by atoms with E-state index in [4.69, 9.17) is 14.8 Å². The van der Waals surface area contributed by atoms with Gasteiger partial charge in [-0.05, 0) is 74.9 Å². The van der Waals surface area contributed by atoms with Crippen molar-refractivity contribution < 1.29 is 23.8 Å². The summed E-state index contributed by atoms with van der Waals surface area (Å²) < 4.78 is 20.0. The van der Waals surface area contributed by atoms with Gasteiger partial charge < -0.3 is 20.5 Å². The third-order valence-electron chi connectivity index (χ3n) is 6.34. The fourth-order valence-electron chi connectivity index (χ4n) is 4.33. The molecule has 0 saturated heterocycles. The van der Waals surface area contributed by atoms with Crippen LogP contribution in [-0.2, 0) is 0 Å². The molecule has 5 aromatic rings. The van der Waals surface area contributed by atoms with E-state index in [9.17, 15) is 14.0 Å². The number of aromatic carboxylic acids is 1. The Morgan fingerprint density at radius 3 is 2.41 bits per heavy atom. The Morgan fingerprint density at radius 1 is 0.927 bits per heavy atom. The highest BCUT2D eigenvalue weighted by Gasteiger charge is 2.15. The fraction of sp³-hybridized carbons (Fsp3) is 0.125. The number of fused-ring (bicyclic) bond motifs is 1. The number of halogens is 1. The number of aromatic nitrogens is 2. The summed E-state index contributed by atoms with van der Waals surface area (Å²) >= 11 is 0. The number of carbonyl (C=O) groups excluding carboxylic acids is 1. The van der Waals surface area contributed by atoms with Crippen molar-refractivity contribution in [1.29, 1.82) is 0 Å². The minimum absolute atomic E-state index is 0.102. The molecular formula is C32H27FN4O4. The standard InChI is InChI=1S/C32H27FN4O4/c1-18(2)41-28-15-23(33)12-14-25(28)26-6-4-5-22-17-34-32(37-29(22)26)36-27-16-24(13-7-19(27)3)35-30(38)20-8-10-21(11-9-20)31(39)40/h4-18H,1-3H3,(H,35,38)(H,39,40)(H,34,36,37). The number of rotatable bonds is 8. The Balaban J connectivity index is 1.44. The summed E-state index contributed by atoms with van der Waals surface area (Å²) in [6.07, 6.45) is 1.57. The van der Waals surface area contributed by atoms with Crippen molar-refractivity contribution in [2.75, 3.05) is 10.6 Å². The van der Waals surface area contributed by atoms with E-state index in [2.05, 4.69) is 15.6 Å². The molecule has 0 aliphatic heterocycles. The van der Waals surface area contributed by atoms with Gasteiger partial charge in [-0.3, -0.25) is 4.79 Å². The average Bonchev–Trinajstić information content (AvgIpc) is 2.94. The number of hydrogen-bond donors (Lipinski definition) is 3. The molecule has 0 saturated carbocycles. The molecule has 1 heterocycles. The molecule has 8 nitrogen and oxygen atoms in total. The number of hydrogen-bond acceptors (Lipinski definition) is 6. The Hall–Kier alpha value is -5.31. The molecule has 1 aromatic heterocycles. The quantitative estimate of drug-likeness (QED) is 0.187. The van der Waals surface area contributed by atoms with Crippen molar-refractivity contribution in [3.63, 3.8) is 0 Å². The number of carbonyl (C=O) groups is 2. The second kappa shape index (κ2) is 11.4. The first-order valence-corrected chi connectivity index (χ1v) is 12.9. The van der Waals surface area contributed by atoms with Crippen LogP contribution < -0.4 is 15.4 Å². The molecule has 4 aromatic carbocycles. The lowest BCUT2D eigenvalue weighted by atomic mass is 10.0. The van der Waals surface area contributed by atoms with Gasteiger partial charge in [-0.1, -0.05) is 24.3 Å². The molecule has 0 unspecified atom stereocenters. The first-order valence-electron chi connectivity index (χ1n) is 12.9. The van der Waals surface area contributed by atoms with Gasteiger partial charge in [-0.25, -0.2) is 19.2 Å². The molecule has 41 heavy (non-hydrogen) atoms. The molecule has 3 N–H and O–H groups in total. The Kier molecular flexibility index (Phi) is 7.60. The predicted molar refractivity (Wildman–Crippen MR) is 157 cm³/mol. The van der Waals surface area contributed by atoms with Crippen LogP contribution >= 0.6 is 0 Å². The van der Waals surface area contributed by atoms with Crippen LogP contribution in [0.1, 0.15) is 40.1 Å². The first kappa shape index (κ1) is 27.3. The molecule has 0 aliphatic rings. The van der Waals surface area contributed by atoms with Crippen LogP contribution in [0.3, 0.4) is 0 Å². The zero-order chi connectivity index (χ0) is 29.1. The summed E-state index contributed by atoms with van der Waals surface area (Å²) in [5, 5.41) is 16.0. The van der Waals surface area contributed by atoms with Gasteiger partial charge in [0.1, 0.15) is 11.6 Å². The molecular weight excluding hydrogens is 523 g/mol. The molecule has 0 spiro atoms. The van der Waals surface area contributed by atoms with Crippen LogP contribution in [-0.4, -0.2) is 33.1 Å². The summed E-state index contributed by atoms with van der Waals surface area (Å²) in [7, 11) is 0. The molecule has 1 amide bonds. The maximum atomic E-state index is 14.1. The van der Waals surface area contributed by atoms with Gasteiger partial charge >= 0.3 is 5.97 Å². The van der Waals surface area contributed by atoms with Gasteiger partial charge in [-0.15, -0.1) is 0 Å². The largest absolute Gasteiger partial charge is 0.490 e. The topological polar surface area (TPSA) is 113 Å². The monoisotopic (exact) mass is 550 g/mol. The number of para-hydroxylation sites is 1. The molecule has 0 bridgehead atoms. The van der Waals surface area contributed by atoms with Crippen LogP contribution in [0.4, 0.5) is 21.7 Å². The van der Waals surface area contributed by atoms with Gasteiger partial charge in [0.2, 0.25) is 5.95 Å². The normalized spacial score (nSPS) is 11.0. The van der Waals surface area contributed by atoms with E-state index in [1.165, 1.54) is 36.4 Å². The second-order valence-electron chi connectivity index (χ2n) is 9.74. The summed E-state index contributed by atoms with van der Waals surface area (Å²) in [6, 6.07) is 21.2. The Morgan fingerprint density at radius 2 is 1.68 bits per heavy atom. The van der Waals surface area contributed by atoms with E-state index in [-0.39, 0.29) is 23.4 Å². The highest BCUT2D eigenvalue weighted by atomic mass is 19.1. The predicted octanol–water partition coefficient (Wildman–Crippen LogP) is 7.23. The lowest BCUT2D eigenvalue weighted by Gasteiger charge is -2.16. The maximum absolute atomic E-state index is 14.1. The van der Waals surface area contributed by atoms with Crippen LogP contribution in [0.2, 0.25) is 0 Å². The third-order valence-corrected chi connectivity index (χ3v) is 6.34. The number of nitrogens with zero attached hydrogens (tertiary/aromatic N) is 2. The van der Waals surface area contributed by atoms with E-state index in [0.717, 1.165) is 16.5 Å². The highest BCUT2D eigenvalue weighted by Crippen LogP contribution is 2.36. The number of carboxylic acids is 1. The van der Waals surface area contributed by atoms with Gasteiger partial charge in [-0.2, -0.15) is 0 Å². The fourth-order valence-corrected chi connectivity index (χ4v) is 4.33. The molecule has 0 atom stereocenters. The molecule has 9 heteroatoms. The van der Waals surface area contributed by atoms with Gasteiger partial charge in [0, 0.05) is 45.7 Å². The number of ether oxygens (including phenoxy) is 1. The van der Waals surface area contributed by atoms with Crippen molar-refractivity contribution in [3.8, 4) is 16.9 Å². The number of nitrogens with one attached hydrogen (secondary N) is 2. The maximum Gasteiger partial charge on any atom is 0.335 e. The summed E-state index contributed by atoms with van der Waals surface area (Å²) in [6.45, 7) is 5.69. The molecule has 0 aliphatic carbocycles. The van der Waals surface area contributed by atoms with E-state index in [0.29, 0.717) is 39.7 Å². The summed E-state index contributed by atoms with van der Waals surface area (Å²) in [5.74, 6) is -1.05. The lowest BCUT2D eigenvalue weighted by molar-refractivity contribution is 0.0696. The number of amides is 1. The number of aryl methyl sites for hydroxylation is 1. The molecule has 0 radical (unpaired) electrons. The third kappa shape index (κ3) is 6.14. The number of carboxylic acid groups (broad SMARTS) is 1. The van der Waals surface area contributed by atoms with Gasteiger partial charge in [0.05, 0.1) is 17.2 Å². The SMILES string of the molecule is Cc1ccc(NC(=O)c2ccc(C(=O)O)cc2)cc1Nc1ncc2cccc(-c3ccc(F)cc3OC(C)C)c2n1. The van der Waals surface area contributed by atoms with Gasteiger partial charge in [0.15, 0.2) is 0 Å². The molecule has 5 rings (SSSR count). The van der Waals surface area contributed by atoms with Gasteiger partial charge in [0.25, 0.3) is 5.91 Å². The van der Waals surface area contributed by atoms with Crippen molar-refractivity contribution in [2.24, 2.45) is 0 Å². The van der Waals surface area contributed by atoms with E-state index in [1.54, 1.807) is 24.4 Å². The van der Waals surface area contributed by atoms with E-state index >= 15 is 0 Å². The minimum atomic E-state index is -1.06. The van der Waals surface area contributed by atoms with Crippen LogP contribution in [0.5, 0.6) is 5.75 Å². The van der Waals surface area contributed by atoms with E-state index in [1.807, 2.05) is 45.0 Å². The van der Waals surface area contributed by atoms with E-state index < -0.39 is 5.97 Å². The van der Waals surface area contributed by atoms with Crippen molar-refractivity contribution in [3.05, 3.63) is 108 Å². The first-order chi connectivity index (χ1) is 19.7. The van der Waals surface area contributed by atoms with Crippen molar-refractivity contribution in [2.45, 2.75) is 26.9 Å². The highest BCUT2D eigenvalue weighted by molar-refractivity contribution is 6.05. The minimum Gasteiger partial charge on any atom is -0.490 e. The number of benzene rings is 4. The lowest BCUT2D eigenvalue weighted by Crippen LogP contribution is -2.12. The zero-order valence-electron chi connectivity index (χ0n) is 22.6. The molecule has 0 fully saturated rings. The van der Waals surface area contributed by atoms with Crippen molar-refractivity contribution >= 4 is 40.1 Å². The molecule has 206 valence electrons. The average molecular weight is 551 g/mol. The Labute approximate surface area is 235 Å². The van der Waals surface area contributed by atoms with Crippen LogP contribution in [0, 0.1) is 12.7 Å². The van der Waals surface area contributed by atoms with Crippen LogP contribution in [0.15, 0.2) is 85.1 Å². The number of anilines is 3. The smallest absolute Gasteiger partial charge is 0.335 e. The second-order valence-corrected chi connectivity index (χ2v) is 9.74. The van der Waals surface area contributed by atoms with Crippen LogP contribution in [0.25, 0.3) is 22.0 Å².